The normalized spacial score (nSPS) is 0. The number of hydrogen-bond donors (Lipinski definition) is 0. The molecular formula is H34Ca2O15. The van der Waals surface area contributed by atoms with E-state index in [1.54, 1.807) is 0 Å². The van der Waals surface area contributed by atoms with Gasteiger partial charge in [-0.2, -0.15) is 0 Å². The van der Waals surface area contributed by atoms with Crippen molar-refractivity contribution in [1.29, 1.82) is 0 Å². The fourth-order valence-electron chi connectivity index (χ4n) is 0. The summed E-state index contributed by atoms with van der Waals surface area (Å²) in [5.41, 5.74) is 0. The monoisotopic (exact) mass is 354 g/mol. The summed E-state index contributed by atoms with van der Waals surface area (Å²) in [7, 11) is 0. The zero-order chi connectivity index (χ0) is 0. The van der Waals surface area contributed by atoms with E-state index in [4.69, 9.17) is 0 Å². The van der Waals surface area contributed by atoms with Gasteiger partial charge in [-0.1, -0.05) is 0 Å². The van der Waals surface area contributed by atoms with Gasteiger partial charge in [-0.3, -0.25) is 0 Å². The third-order valence-corrected chi connectivity index (χ3v) is 0. The van der Waals surface area contributed by atoms with Crippen LogP contribution in [0.5, 0.6) is 0 Å². The Morgan fingerprint density at radius 2 is 0.118 bits per heavy atom. The van der Waals surface area contributed by atoms with Crippen LogP contribution in [0.15, 0.2) is 0 Å². The van der Waals surface area contributed by atoms with Crippen LogP contribution in [0.1, 0.15) is 0 Å². The number of hydrogen-bond acceptors (Lipinski definition) is 0. The van der Waals surface area contributed by atoms with Gasteiger partial charge in [0.05, 0.1) is 0 Å². The molecule has 0 heterocycles. The summed E-state index contributed by atoms with van der Waals surface area (Å²) >= 11 is 0. The second-order valence-corrected chi connectivity index (χ2v) is 0. The third-order valence-electron chi connectivity index (χ3n) is 0. The van der Waals surface area contributed by atoms with Crippen molar-refractivity contribution in [2.24, 2.45) is 0 Å². The summed E-state index contributed by atoms with van der Waals surface area (Å²) in [4.78, 5) is 0. The molecule has 0 bridgehead atoms. The van der Waals surface area contributed by atoms with E-state index in [-0.39, 0.29) is 158 Å². The molecule has 0 atom stereocenters. The molecule has 0 fully saturated rings. The summed E-state index contributed by atoms with van der Waals surface area (Å²) in [6.07, 6.45) is 0. The standard InChI is InChI=1S/2Ca.15H2O.4H/h;;15*1H2;;;;. The second kappa shape index (κ2) is 1390. The number of rotatable bonds is 0. The molecule has 128 valence electrons. The molecule has 15 nitrogen and oxygen atoms in total. The first-order valence-corrected chi connectivity index (χ1v) is 0. The van der Waals surface area contributed by atoms with Crippen LogP contribution in [0.25, 0.3) is 0 Å². The van der Waals surface area contributed by atoms with Gasteiger partial charge in [0.2, 0.25) is 0 Å². The van der Waals surface area contributed by atoms with Crippen molar-refractivity contribution in [2.75, 3.05) is 0 Å². The molecule has 17 heteroatoms. The van der Waals surface area contributed by atoms with Crippen LogP contribution in [-0.2, 0) is 0 Å². The predicted molar refractivity (Wildman–Crippen MR) is 71.3 cm³/mol. The third kappa shape index (κ3) is 1230. The van der Waals surface area contributed by atoms with Gasteiger partial charge in [-0.15, -0.1) is 0 Å². The van der Waals surface area contributed by atoms with E-state index >= 15 is 0 Å². The molecule has 0 aliphatic carbocycles. The Labute approximate surface area is 156 Å². The van der Waals surface area contributed by atoms with Crippen LogP contribution < -0.4 is 0 Å². The molecule has 17 heavy (non-hydrogen) atoms. The van der Waals surface area contributed by atoms with E-state index in [2.05, 4.69) is 0 Å². The Kier molecular flexibility index (Phi) is 135000. The van der Waals surface area contributed by atoms with E-state index in [0.29, 0.717) is 0 Å². The maximum atomic E-state index is 0. The second-order valence-electron chi connectivity index (χ2n) is 0. The van der Waals surface area contributed by atoms with Crippen LogP contribution in [-0.4, -0.2) is 158 Å². The SMILES string of the molecule is O.O.O.O.O.O.O.O.O.O.O.O.O.O.O.[CaH2].[CaH2]. The minimum atomic E-state index is 0. The van der Waals surface area contributed by atoms with Gasteiger partial charge >= 0.3 is 75.5 Å². The van der Waals surface area contributed by atoms with Gasteiger partial charge in [0, 0.05) is 0 Å². The van der Waals surface area contributed by atoms with E-state index < -0.39 is 0 Å². The zero-order valence-corrected chi connectivity index (χ0v) is 7.50. The van der Waals surface area contributed by atoms with E-state index in [0.717, 1.165) is 0 Å². The summed E-state index contributed by atoms with van der Waals surface area (Å²) in [6, 6.07) is 0. The van der Waals surface area contributed by atoms with Crippen molar-refractivity contribution < 1.29 is 82.1 Å². The molecule has 0 radical (unpaired) electrons. The summed E-state index contributed by atoms with van der Waals surface area (Å²) < 4.78 is 0. The van der Waals surface area contributed by atoms with Crippen molar-refractivity contribution in [3.63, 3.8) is 0 Å². The molecule has 0 saturated carbocycles. The van der Waals surface area contributed by atoms with Crippen molar-refractivity contribution >= 4 is 75.5 Å². The van der Waals surface area contributed by atoms with Crippen molar-refractivity contribution in [2.45, 2.75) is 0 Å². The molecule has 0 amide bonds. The van der Waals surface area contributed by atoms with E-state index in [9.17, 15) is 0 Å². The van der Waals surface area contributed by atoms with Crippen LogP contribution in [0.3, 0.4) is 0 Å². The molecule has 0 spiro atoms. The van der Waals surface area contributed by atoms with E-state index in [1.807, 2.05) is 0 Å². The Bertz CT molecular complexity index is 8.88. The van der Waals surface area contributed by atoms with E-state index in [1.165, 1.54) is 0 Å². The molecule has 0 saturated heterocycles. The first-order chi connectivity index (χ1) is 0. The van der Waals surface area contributed by atoms with Crippen molar-refractivity contribution in [1.82, 2.24) is 0 Å². The quantitative estimate of drug-likeness (QED) is 0.365. The summed E-state index contributed by atoms with van der Waals surface area (Å²) in [5.74, 6) is 0. The van der Waals surface area contributed by atoms with Crippen molar-refractivity contribution in [3.8, 4) is 0 Å². The van der Waals surface area contributed by atoms with Gasteiger partial charge in [0.25, 0.3) is 0 Å². The Hall–Kier alpha value is 1.92. The Morgan fingerprint density at radius 3 is 0.118 bits per heavy atom. The average molecular weight is 354 g/mol. The molecule has 0 aliphatic heterocycles. The first kappa shape index (κ1) is 1650. The first-order valence-electron chi connectivity index (χ1n) is 0. The molecular weight excluding hydrogens is 320 g/mol. The topological polar surface area (TPSA) is 472 Å². The summed E-state index contributed by atoms with van der Waals surface area (Å²) in [6.45, 7) is 0. The predicted octanol–water partition coefficient (Wildman–Crippen LogP) is -14.2. The molecule has 30 N–H and O–H groups in total. The van der Waals surface area contributed by atoms with Crippen LogP contribution in [0.2, 0.25) is 0 Å². The van der Waals surface area contributed by atoms with Crippen LogP contribution in [0, 0.1) is 0 Å². The van der Waals surface area contributed by atoms with Crippen LogP contribution in [0.4, 0.5) is 0 Å². The van der Waals surface area contributed by atoms with Gasteiger partial charge < -0.3 is 82.1 Å². The van der Waals surface area contributed by atoms with Gasteiger partial charge in [0.1, 0.15) is 0 Å². The van der Waals surface area contributed by atoms with Crippen molar-refractivity contribution in [3.05, 3.63) is 0 Å². The van der Waals surface area contributed by atoms with Gasteiger partial charge in [-0.25, -0.2) is 0 Å². The fraction of sp³-hybridized carbons (Fsp3) is 0. The van der Waals surface area contributed by atoms with Gasteiger partial charge in [-0.05, 0) is 0 Å². The summed E-state index contributed by atoms with van der Waals surface area (Å²) in [5, 5.41) is 0. The molecule has 0 rings (SSSR count). The fourth-order valence-corrected chi connectivity index (χ4v) is 0. The zero-order valence-electron chi connectivity index (χ0n) is 7.50. The molecule has 0 unspecified atom stereocenters. The molecule has 0 aromatic carbocycles. The Morgan fingerprint density at radius 1 is 0.118 bits per heavy atom. The molecule has 0 aromatic heterocycles. The Balaban J connectivity index is 0. The molecule has 0 aromatic rings. The average Bonchev–Trinajstić information content (AvgIpc) is 0. The minimum absolute atomic E-state index is 0. The maximum absolute atomic E-state index is 0. The van der Waals surface area contributed by atoms with Crippen LogP contribution >= 0.6 is 0 Å². The molecule has 0 aliphatic rings. The van der Waals surface area contributed by atoms with Gasteiger partial charge in [0.15, 0.2) is 0 Å².